The quantitative estimate of drug-likeness (QED) is 0.276. The molecule has 0 radical (unpaired) electrons. The summed E-state index contributed by atoms with van der Waals surface area (Å²) in [5.74, 6) is 0. The predicted octanol–water partition coefficient (Wildman–Crippen LogP) is -28.7. The molecule has 0 N–H and O–H groups in total. The van der Waals surface area contributed by atoms with Gasteiger partial charge in [0.25, 0.3) is 0 Å². The molecule has 0 saturated heterocycles. The lowest BCUT2D eigenvalue weighted by atomic mass is 10.8. The first-order chi connectivity index (χ1) is 1.41. The Morgan fingerprint density at radius 2 is 0.179 bits per heavy atom. The van der Waals surface area contributed by atoms with Gasteiger partial charge >= 0.3 is 0 Å². The lowest BCUT2D eigenvalue weighted by molar-refractivity contribution is 2.32. The Labute approximate surface area is 231 Å². The standard InChI is InChI=1S/C2H7P.25BH3/c1-3-2;;;;;;;;;;;;;;;;;;;;;;;;;/h3H,1-2H3;25*1H3. The van der Waals surface area contributed by atoms with E-state index in [1.54, 1.807) is 0 Å². The SMILES string of the molecule is B.B.B.B.B.B.B.B.B.B.B.B.B.B.B.B.B.B.B.B.B.B.B.B.B.CPC. The van der Waals surface area contributed by atoms with E-state index in [1.807, 2.05) is 0 Å². The van der Waals surface area contributed by atoms with Gasteiger partial charge in [-0.1, -0.05) is 0 Å². The molecule has 28 heavy (non-hydrogen) atoms. The molecule has 0 nitrogen and oxygen atoms in total. The van der Waals surface area contributed by atoms with E-state index < -0.39 is 0 Å². The Bertz CT molecular complexity index is 16.5. The highest BCUT2D eigenvalue weighted by molar-refractivity contribution is 7.35. The first-order valence-corrected chi connectivity index (χ1v) is 3.00. The molecule has 0 aliphatic heterocycles. The van der Waals surface area contributed by atoms with Gasteiger partial charge in [0, 0.05) is 0 Å². The lowest BCUT2D eigenvalue weighted by Gasteiger charge is -1.50. The van der Waals surface area contributed by atoms with Crippen LogP contribution >= 0.6 is 8.58 Å². The second-order valence-electron chi connectivity index (χ2n) is 0.500. The topological polar surface area (TPSA) is 0 Å². The van der Waals surface area contributed by atoms with Crippen molar-refractivity contribution < 1.29 is 0 Å². The molecular formula is C2H82B25P. The summed E-state index contributed by atoms with van der Waals surface area (Å²) < 4.78 is 0. The Balaban J connectivity index is -0.0000000000667. The summed E-state index contributed by atoms with van der Waals surface area (Å²) in [5.41, 5.74) is 0. The summed E-state index contributed by atoms with van der Waals surface area (Å²) in [4.78, 5) is 0. The van der Waals surface area contributed by atoms with Gasteiger partial charge in [-0.05, 0) is 13.3 Å². The lowest BCUT2D eigenvalue weighted by Crippen LogP contribution is -1.18. The molecule has 0 fully saturated rings. The van der Waals surface area contributed by atoms with Gasteiger partial charge in [-0.15, -0.1) is 8.58 Å². The third-order valence-electron chi connectivity index (χ3n) is 0. The molecule has 0 aromatic rings. The Morgan fingerprint density at radius 1 is 0.179 bits per heavy atom. The van der Waals surface area contributed by atoms with E-state index in [0.717, 1.165) is 8.58 Å². The van der Waals surface area contributed by atoms with E-state index in [1.165, 1.54) is 0 Å². The van der Waals surface area contributed by atoms with Gasteiger partial charge in [0.05, 0.1) is 210 Å². The molecule has 0 atom stereocenters. The molecule has 170 valence electrons. The van der Waals surface area contributed by atoms with E-state index in [-0.39, 0.29) is 210 Å². The average molecular weight is 408 g/mol. The Hall–Kier alpha value is 2.05. The maximum absolute atomic E-state index is 2.15. The second kappa shape index (κ2) is 2450. The average Bonchev–Trinajstić information content (AvgIpc) is 0.918. The van der Waals surface area contributed by atoms with Gasteiger partial charge < -0.3 is 0 Å². The molecule has 0 amide bonds. The maximum Gasteiger partial charge on any atom is 0.0814 e. The molecule has 0 aliphatic rings. The molecular weight excluding hydrogens is 325 g/mol. The van der Waals surface area contributed by atoms with Gasteiger partial charge in [0.15, 0.2) is 0 Å². The molecule has 0 aliphatic carbocycles. The summed E-state index contributed by atoms with van der Waals surface area (Å²) in [7, 11) is 1.08. The molecule has 0 rings (SSSR count). The fraction of sp³-hybridized carbons (Fsp3) is 1.00. The van der Waals surface area contributed by atoms with Crippen LogP contribution in [0, 0.1) is 0 Å². The monoisotopic (exact) mass is 413 g/mol. The highest BCUT2D eigenvalue weighted by Gasteiger charge is 1.33. The van der Waals surface area contributed by atoms with Crippen LogP contribution in [0.25, 0.3) is 0 Å². The summed E-state index contributed by atoms with van der Waals surface area (Å²) in [6.07, 6.45) is 0. The zero-order valence-corrected chi connectivity index (χ0v) is 3.50. The minimum Gasteiger partial charge on any atom is -0.129 e. The fourth-order valence-corrected chi connectivity index (χ4v) is 0. The number of hydrogen-bond acceptors (Lipinski definition) is 0. The van der Waals surface area contributed by atoms with Crippen molar-refractivity contribution in [3.05, 3.63) is 0 Å². The smallest absolute Gasteiger partial charge is 0.0814 e. The van der Waals surface area contributed by atoms with E-state index in [4.69, 9.17) is 0 Å². The molecule has 0 aromatic carbocycles. The van der Waals surface area contributed by atoms with Crippen LogP contribution in [0.3, 0.4) is 0 Å². The first kappa shape index (κ1) is 1540. The fourth-order valence-electron chi connectivity index (χ4n) is 0. The van der Waals surface area contributed by atoms with Gasteiger partial charge in [-0.2, -0.15) is 0 Å². The minimum atomic E-state index is 0. The highest BCUT2D eigenvalue weighted by atomic mass is 31.1. The highest BCUT2D eigenvalue weighted by Crippen LogP contribution is 1.84. The summed E-state index contributed by atoms with van der Waals surface area (Å²) in [6.45, 7) is 4.31. The first-order valence-electron chi connectivity index (χ1n) is 1.00. The van der Waals surface area contributed by atoms with Crippen LogP contribution in [0.4, 0.5) is 0 Å². The van der Waals surface area contributed by atoms with E-state index >= 15 is 0 Å². The van der Waals surface area contributed by atoms with Crippen molar-refractivity contribution >= 4 is 219 Å². The van der Waals surface area contributed by atoms with E-state index in [0.29, 0.717) is 0 Å². The zero-order valence-electron chi connectivity index (χ0n) is 2.50. The van der Waals surface area contributed by atoms with Crippen LogP contribution in [0.5, 0.6) is 0 Å². The van der Waals surface area contributed by atoms with Crippen molar-refractivity contribution in [2.75, 3.05) is 13.3 Å². The van der Waals surface area contributed by atoms with Crippen molar-refractivity contribution in [3.8, 4) is 0 Å². The third-order valence-corrected chi connectivity index (χ3v) is 0. The van der Waals surface area contributed by atoms with Crippen molar-refractivity contribution in [2.24, 2.45) is 0 Å². The van der Waals surface area contributed by atoms with E-state index in [2.05, 4.69) is 13.3 Å². The Morgan fingerprint density at radius 3 is 0.179 bits per heavy atom. The van der Waals surface area contributed by atoms with Gasteiger partial charge in [-0.25, -0.2) is 0 Å². The molecule has 0 saturated carbocycles. The van der Waals surface area contributed by atoms with Crippen LogP contribution in [0.2, 0.25) is 0 Å². The van der Waals surface area contributed by atoms with Crippen molar-refractivity contribution in [1.29, 1.82) is 0 Å². The summed E-state index contributed by atoms with van der Waals surface area (Å²) in [5, 5.41) is 0. The maximum atomic E-state index is 2.15. The Kier molecular flexibility index (Phi) is 135000. The molecule has 0 unspecified atom stereocenters. The second-order valence-corrected chi connectivity index (χ2v) is 1.50. The van der Waals surface area contributed by atoms with Crippen LogP contribution in [-0.2, 0) is 0 Å². The third kappa shape index (κ3) is 4870. The summed E-state index contributed by atoms with van der Waals surface area (Å²) in [6, 6.07) is 0. The molecule has 0 heterocycles. The van der Waals surface area contributed by atoms with Crippen LogP contribution in [-0.4, -0.2) is 224 Å². The van der Waals surface area contributed by atoms with Gasteiger partial charge in [-0.3, -0.25) is 0 Å². The number of rotatable bonds is 0. The number of hydrogen-bond donors (Lipinski definition) is 0. The van der Waals surface area contributed by atoms with Gasteiger partial charge in [0.1, 0.15) is 0 Å². The van der Waals surface area contributed by atoms with E-state index in [9.17, 15) is 0 Å². The van der Waals surface area contributed by atoms with Gasteiger partial charge in [0.2, 0.25) is 0 Å². The molecule has 26 heteroatoms. The van der Waals surface area contributed by atoms with Crippen molar-refractivity contribution in [1.82, 2.24) is 0 Å². The normalized spacial score (nSPS) is 0.643. The minimum absolute atomic E-state index is 0. The molecule has 0 aromatic heterocycles. The summed E-state index contributed by atoms with van der Waals surface area (Å²) >= 11 is 0. The van der Waals surface area contributed by atoms with Crippen molar-refractivity contribution in [2.45, 2.75) is 0 Å². The van der Waals surface area contributed by atoms with Crippen LogP contribution in [0.15, 0.2) is 0 Å². The predicted molar refractivity (Wildman–Crippen MR) is 269 cm³/mol. The largest absolute Gasteiger partial charge is 0.129 e. The van der Waals surface area contributed by atoms with Crippen LogP contribution in [0.1, 0.15) is 0 Å². The van der Waals surface area contributed by atoms with Crippen molar-refractivity contribution in [3.63, 3.8) is 0 Å². The van der Waals surface area contributed by atoms with Crippen LogP contribution < -0.4 is 0 Å². The molecule has 0 bridgehead atoms. The zero-order chi connectivity index (χ0) is 2.71. The molecule has 0 spiro atoms.